The maximum atomic E-state index is 17.3. The molecule has 6 heterocycles. The van der Waals surface area contributed by atoms with Gasteiger partial charge in [0.25, 0.3) is 0 Å². The van der Waals surface area contributed by atoms with Crippen molar-refractivity contribution in [1.82, 2.24) is 29.7 Å². The standard InChI is InChI=1S/C47H53F5N8O5/c1-45(2,3)65-44(61)59-25-31(26-59)22-57(4)42-35-21-53-41(38(49)39(35)55-43(56-42)64-28-46-18-7-19-60(46)27-32(48)20-46)40-36(47(50,51)52)16-17-37(54-40)58(23-29-8-12-33(62-5)13-9-29)24-30-10-14-34(63-6)15-11-30/h8-17,21,31-32H,7,18-20,22-28H2,1-6H3/t32-,46+/m1/s1. The van der Waals surface area contributed by atoms with Gasteiger partial charge in [-0.15, -0.1) is 0 Å². The molecular weight excluding hydrogens is 852 g/mol. The molecule has 0 unspecified atom stereocenters. The minimum absolute atomic E-state index is 0.00930. The number of hydrogen-bond acceptors (Lipinski definition) is 12. The lowest BCUT2D eigenvalue weighted by molar-refractivity contribution is -0.137. The van der Waals surface area contributed by atoms with Gasteiger partial charge in [0.15, 0.2) is 5.82 Å². The predicted octanol–water partition coefficient (Wildman–Crippen LogP) is 8.73. The molecule has 0 aliphatic carbocycles. The summed E-state index contributed by atoms with van der Waals surface area (Å²) in [5.74, 6) is 0.464. The van der Waals surface area contributed by atoms with Gasteiger partial charge in [-0.3, -0.25) is 9.88 Å². The van der Waals surface area contributed by atoms with Crippen LogP contribution < -0.4 is 24.0 Å². The van der Waals surface area contributed by atoms with E-state index < -0.39 is 52.3 Å². The van der Waals surface area contributed by atoms with Gasteiger partial charge in [0, 0.05) is 64.9 Å². The Morgan fingerprint density at radius 1 is 0.877 bits per heavy atom. The number of carbonyl (C=O) groups excluding carboxylic acids is 1. The van der Waals surface area contributed by atoms with Gasteiger partial charge in [0.1, 0.15) is 58.4 Å². The average molecular weight is 905 g/mol. The number of fused-ring (bicyclic) bond motifs is 2. The Morgan fingerprint density at radius 3 is 2.12 bits per heavy atom. The highest BCUT2D eigenvalue weighted by Gasteiger charge is 2.49. The normalized spacial score (nSPS) is 18.9. The lowest BCUT2D eigenvalue weighted by Crippen LogP contribution is -2.54. The van der Waals surface area contributed by atoms with Crippen LogP contribution in [0.1, 0.15) is 56.7 Å². The van der Waals surface area contributed by atoms with Gasteiger partial charge in [-0.2, -0.15) is 23.1 Å². The molecule has 1 amide bonds. The van der Waals surface area contributed by atoms with Gasteiger partial charge in [-0.25, -0.2) is 18.6 Å². The number of anilines is 2. The van der Waals surface area contributed by atoms with E-state index in [1.54, 1.807) is 81.0 Å². The molecule has 2 atom stereocenters. The van der Waals surface area contributed by atoms with Crippen LogP contribution in [0.4, 0.5) is 38.4 Å². The summed E-state index contributed by atoms with van der Waals surface area (Å²) in [6, 6.07) is 16.5. The van der Waals surface area contributed by atoms with Crippen LogP contribution in [0.25, 0.3) is 22.3 Å². The topological polar surface area (TPSA) is 119 Å². The Labute approximate surface area is 374 Å². The monoisotopic (exact) mass is 904 g/mol. The van der Waals surface area contributed by atoms with E-state index in [0.717, 1.165) is 23.6 Å². The predicted molar refractivity (Wildman–Crippen MR) is 235 cm³/mol. The second kappa shape index (κ2) is 18.1. The zero-order valence-corrected chi connectivity index (χ0v) is 37.3. The van der Waals surface area contributed by atoms with E-state index in [2.05, 4.69) is 19.9 Å². The highest BCUT2D eigenvalue weighted by molar-refractivity contribution is 5.92. The van der Waals surface area contributed by atoms with Crippen molar-refractivity contribution in [1.29, 1.82) is 0 Å². The summed E-state index contributed by atoms with van der Waals surface area (Å²) >= 11 is 0. The van der Waals surface area contributed by atoms with E-state index in [9.17, 15) is 22.4 Å². The van der Waals surface area contributed by atoms with Gasteiger partial charge in [-0.1, -0.05) is 24.3 Å². The lowest BCUT2D eigenvalue weighted by Gasteiger charge is -2.41. The van der Waals surface area contributed by atoms with E-state index in [0.29, 0.717) is 44.1 Å². The number of aromatic nitrogens is 4. The van der Waals surface area contributed by atoms with Crippen molar-refractivity contribution < 1.29 is 45.7 Å². The highest BCUT2D eigenvalue weighted by atomic mass is 19.4. The number of halogens is 5. The first-order chi connectivity index (χ1) is 30.9. The minimum Gasteiger partial charge on any atom is -0.497 e. The van der Waals surface area contributed by atoms with Crippen molar-refractivity contribution in [2.75, 3.05) is 70.4 Å². The number of methoxy groups -OCH3 is 2. The van der Waals surface area contributed by atoms with Crippen molar-refractivity contribution in [3.05, 3.63) is 89.4 Å². The van der Waals surface area contributed by atoms with E-state index in [1.165, 1.54) is 12.3 Å². The van der Waals surface area contributed by atoms with Crippen LogP contribution in [0, 0.1) is 11.7 Å². The maximum absolute atomic E-state index is 17.3. The number of pyridine rings is 2. The molecule has 3 aliphatic heterocycles. The summed E-state index contributed by atoms with van der Waals surface area (Å²) < 4.78 is 99.3. The lowest BCUT2D eigenvalue weighted by atomic mass is 9.95. The molecule has 0 bridgehead atoms. The molecule has 2 aromatic carbocycles. The Hall–Kier alpha value is -6.04. The van der Waals surface area contributed by atoms with Crippen LogP contribution in [0.2, 0.25) is 0 Å². The van der Waals surface area contributed by atoms with Crippen LogP contribution >= 0.6 is 0 Å². The largest absolute Gasteiger partial charge is 0.497 e. The molecule has 3 saturated heterocycles. The average Bonchev–Trinajstić information content (AvgIpc) is 3.78. The number of nitrogens with zero attached hydrogens (tertiary/aromatic N) is 8. The van der Waals surface area contributed by atoms with Crippen LogP contribution in [-0.4, -0.2) is 114 Å². The van der Waals surface area contributed by atoms with Crippen molar-refractivity contribution in [3.63, 3.8) is 0 Å². The molecule has 0 N–H and O–H groups in total. The van der Waals surface area contributed by atoms with Crippen molar-refractivity contribution in [2.24, 2.45) is 5.92 Å². The van der Waals surface area contributed by atoms with Gasteiger partial charge < -0.3 is 33.6 Å². The minimum atomic E-state index is -4.94. The fourth-order valence-electron chi connectivity index (χ4n) is 8.98. The Kier molecular flexibility index (Phi) is 12.7. The van der Waals surface area contributed by atoms with Crippen LogP contribution in [0.15, 0.2) is 66.9 Å². The fourth-order valence-corrected chi connectivity index (χ4v) is 8.98. The zero-order chi connectivity index (χ0) is 46.3. The van der Waals surface area contributed by atoms with Gasteiger partial charge >= 0.3 is 18.3 Å². The number of amides is 1. The molecule has 346 valence electrons. The fraction of sp³-hybridized carbons (Fsp3) is 0.468. The zero-order valence-electron chi connectivity index (χ0n) is 37.3. The van der Waals surface area contributed by atoms with E-state index in [1.807, 2.05) is 24.3 Å². The SMILES string of the molecule is COc1ccc(CN(Cc2ccc(OC)cc2)c2ccc(C(F)(F)F)c(-c3ncc4c(N(C)CC5CN(C(=O)OC(C)(C)C)C5)nc(OC[C@@]56CCCN5C[C@H](F)C6)nc4c3F)n2)cc1. The number of rotatable bonds is 14. The van der Waals surface area contributed by atoms with Crippen molar-refractivity contribution in [3.8, 4) is 28.9 Å². The summed E-state index contributed by atoms with van der Waals surface area (Å²) in [5, 5.41) is 0.125. The summed E-state index contributed by atoms with van der Waals surface area (Å²) in [7, 11) is 4.84. The van der Waals surface area contributed by atoms with Crippen molar-refractivity contribution in [2.45, 2.75) is 76.6 Å². The summed E-state index contributed by atoms with van der Waals surface area (Å²) in [6.07, 6.45) is -3.32. The molecule has 3 aliphatic rings. The second-order valence-corrected chi connectivity index (χ2v) is 18.1. The summed E-state index contributed by atoms with van der Waals surface area (Å²) in [4.78, 5) is 37.9. The molecular formula is C47H53F5N8O5. The number of alkyl halides is 4. The third kappa shape index (κ3) is 9.96. The third-order valence-electron chi connectivity index (χ3n) is 12.2. The van der Waals surface area contributed by atoms with E-state index >= 15 is 4.39 Å². The smallest absolute Gasteiger partial charge is 0.418 e. The highest BCUT2D eigenvalue weighted by Crippen LogP contribution is 2.42. The number of benzene rings is 2. The molecule has 18 heteroatoms. The molecule has 13 nitrogen and oxygen atoms in total. The maximum Gasteiger partial charge on any atom is 0.418 e. The van der Waals surface area contributed by atoms with E-state index in [4.69, 9.17) is 23.9 Å². The molecule has 0 spiro atoms. The quantitative estimate of drug-likeness (QED) is 0.0993. The number of ether oxygens (including phenoxy) is 4. The number of hydrogen-bond donors (Lipinski definition) is 0. The first-order valence-electron chi connectivity index (χ1n) is 21.6. The summed E-state index contributed by atoms with van der Waals surface area (Å²) in [5.41, 5.74) is -2.51. The first-order valence-corrected chi connectivity index (χ1v) is 21.6. The molecule has 5 aromatic rings. The molecule has 8 rings (SSSR count). The van der Waals surface area contributed by atoms with E-state index in [-0.39, 0.29) is 67.1 Å². The van der Waals surface area contributed by atoms with Crippen LogP contribution in [-0.2, 0) is 24.0 Å². The number of likely N-dealkylation sites (tertiary alicyclic amines) is 1. The second-order valence-electron chi connectivity index (χ2n) is 18.1. The summed E-state index contributed by atoms with van der Waals surface area (Å²) in [6.45, 7) is 8.04. The van der Waals surface area contributed by atoms with Gasteiger partial charge in [0.05, 0.1) is 30.7 Å². The molecule has 3 fully saturated rings. The Balaban J connectivity index is 1.18. The first kappa shape index (κ1) is 45.5. The van der Waals surface area contributed by atoms with Gasteiger partial charge in [-0.05, 0) is 87.7 Å². The third-order valence-corrected chi connectivity index (χ3v) is 12.2. The Bertz CT molecular complexity index is 2450. The van der Waals surface area contributed by atoms with Crippen LogP contribution in [0.5, 0.6) is 17.5 Å². The van der Waals surface area contributed by atoms with Gasteiger partial charge in [0.2, 0.25) is 0 Å². The molecule has 65 heavy (non-hydrogen) atoms. The van der Waals surface area contributed by atoms with Crippen LogP contribution in [0.3, 0.4) is 0 Å². The Morgan fingerprint density at radius 2 is 1.52 bits per heavy atom. The number of carbonyl (C=O) groups is 1. The molecule has 0 saturated carbocycles. The molecule has 3 aromatic heterocycles. The van der Waals surface area contributed by atoms with Crippen molar-refractivity contribution >= 4 is 28.6 Å². The molecule has 0 radical (unpaired) electrons.